The van der Waals surface area contributed by atoms with Crippen LogP contribution in [0.1, 0.15) is 44.2 Å². The van der Waals surface area contributed by atoms with Crippen LogP contribution < -0.4 is 10.1 Å². The van der Waals surface area contributed by atoms with Crippen molar-refractivity contribution in [3.05, 3.63) is 64.7 Å². The van der Waals surface area contributed by atoms with Crippen LogP contribution in [0.15, 0.2) is 48.5 Å². The van der Waals surface area contributed by atoms with Crippen molar-refractivity contribution in [2.75, 3.05) is 13.7 Å². The molecule has 1 atom stereocenters. The topological polar surface area (TPSA) is 58.6 Å². The average Bonchev–Trinajstić information content (AvgIpc) is 2.75. The molecule has 0 heterocycles. The summed E-state index contributed by atoms with van der Waals surface area (Å²) in [6.07, 6.45) is 2.68. The van der Waals surface area contributed by atoms with E-state index >= 15 is 0 Å². The fourth-order valence-corrected chi connectivity index (χ4v) is 3.36. The molecule has 0 aliphatic rings. The van der Waals surface area contributed by atoms with Crippen LogP contribution in [0, 0.1) is 0 Å². The highest BCUT2D eigenvalue weighted by Crippen LogP contribution is 2.18. The number of carbonyl (C=O) groups excluding carboxylic acids is 2. The summed E-state index contributed by atoms with van der Waals surface area (Å²) in [6.45, 7) is 4.98. The number of unbranched alkanes of at least 4 members (excludes halogenated alkanes) is 1. The number of nitrogens with zero attached hydrogens (tertiary/aromatic N) is 1. The van der Waals surface area contributed by atoms with Gasteiger partial charge in [-0.2, -0.15) is 0 Å². The van der Waals surface area contributed by atoms with Gasteiger partial charge in [0.25, 0.3) is 0 Å². The van der Waals surface area contributed by atoms with Gasteiger partial charge >= 0.3 is 0 Å². The van der Waals surface area contributed by atoms with Gasteiger partial charge < -0.3 is 15.0 Å². The number of rotatable bonds is 11. The SMILES string of the molecule is CCCCNC(=O)[C@@H](CC)N(Cc1ccc(Cl)cc1)C(=O)Cc1ccc(OC)cc1. The lowest BCUT2D eigenvalue weighted by Crippen LogP contribution is -2.49. The Morgan fingerprint density at radius 3 is 2.23 bits per heavy atom. The Kier molecular flexibility index (Phi) is 9.68. The molecular weight excluding hydrogens is 400 g/mol. The van der Waals surface area contributed by atoms with E-state index < -0.39 is 6.04 Å². The lowest BCUT2D eigenvalue weighted by molar-refractivity contribution is -0.140. The molecule has 0 fully saturated rings. The molecule has 0 bridgehead atoms. The Morgan fingerprint density at radius 2 is 1.67 bits per heavy atom. The first-order chi connectivity index (χ1) is 14.5. The molecule has 1 N–H and O–H groups in total. The fraction of sp³-hybridized carbons (Fsp3) is 0.417. The van der Waals surface area contributed by atoms with Gasteiger partial charge in [-0.1, -0.05) is 56.1 Å². The number of carbonyl (C=O) groups is 2. The Balaban J connectivity index is 2.21. The molecule has 0 aliphatic heterocycles. The summed E-state index contributed by atoms with van der Waals surface area (Å²) in [5.74, 6) is 0.543. The van der Waals surface area contributed by atoms with E-state index in [4.69, 9.17) is 16.3 Å². The molecule has 2 amide bonds. The second-order valence-corrected chi connectivity index (χ2v) is 7.68. The van der Waals surface area contributed by atoms with E-state index in [2.05, 4.69) is 12.2 Å². The van der Waals surface area contributed by atoms with Crippen LogP contribution >= 0.6 is 11.6 Å². The van der Waals surface area contributed by atoms with Gasteiger partial charge in [-0.05, 0) is 48.2 Å². The Morgan fingerprint density at radius 1 is 1.03 bits per heavy atom. The molecule has 2 aromatic rings. The number of halogens is 1. The first kappa shape index (κ1) is 23.7. The van der Waals surface area contributed by atoms with Crippen molar-refractivity contribution in [2.24, 2.45) is 0 Å². The van der Waals surface area contributed by atoms with Crippen molar-refractivity contribution in [3.63, 3.8) is 0 Å². The van der Waals surface area contributed by atoms with Gasteiger partial charge in [-0.25, -0.2) is 0 Å². The first-order valence-corrected chi connectivity index (χ1v) is 10.8. The van der Waals surface area contributed by atoms with Gasteiger partial charge in [-0.15, -0.1) is 0 Å². The number of nitrogens with one attached hydrogen (secondary N) is 1. The maximum Gasteiger partial charge on any atom is 0.242 e. The van der Waals surface area contributed by atoms with E-state index in [0.717, 1.165) is 29.7 Å². The number of ether oxygens (including phenoxy) is 1. The van der Waals surface area contributed by atoms with Crippen LogP contribution in [0.25, 0.3) is 0 Å². The largest absolute Gasteiger partial charge is 0.497 e. The van der Waals surface area contributed by atoms with Gasteiger partial charge in [0.2, 0.25) is 11.8 Å². The zero-order valence-corrected chi connectivity index (χ0v) is 18.7. The summed E-state index contributed by atoms with van der Waals surface area (Å²) in [5, 5.41) is 3.61. The lowest BCUT2D eigenvalue weighted by atomic mass is 10.1. The minimum absolute atomic E-state index is 0.0902. The van der Waals surface area contributed by atoms with Crippen LogP contribution in [0.4, 0.5) is 0 Å². The van der Waals surface area contributed by atoms with E-state index in [1.165, 1.54) is 0 Å². The van der Waals surface area contributed by atoms with Gasteiger partial charge in [-0.3, -0.25) is 9.59 Å². The van der Waals surface area contributed by atoms with Gasteiger partial charge in [0.15, 0.2) is 0 Å². The smallest absolute Gasteiger partial charge is 0.242 e. The predicted molar refractivity (Wildman–Crippen MR) is 121 cm³/mol. The van der Waals surface area contributed by atoms with Crippen molar-refractivity contribution in [1.82, 2.24) is 10.2 Å². The maximum atomic E-state index is 13.3. The molecule has 0 saturated heterocycles. The Bertz CT molecular complexity index is 806. The number of amides is 2. The van der Waals surface area contributed by atoms with Gasteiger partial charge in [0, 0.05) is 18.1 Å². The molecule has 0 unspecified atom stereocenters. The van der Waals surface area contributed by atoms with Gasteiger partial charge in [0.05, 0.1) is 13.5 Å². The molecule has 2 aromatic carbocycles. The number of hydrogen-bond donors (Lipinski definition) is 1. The molecule has 5 nitrogen and oxygen atoms in total. The summed E-state index contributed by atoms with van der Waals surface area (Å²) in [4.78, 5) is 27.8. The molecule has 2 rings (SSSR count). The highest BCUT2D eigenvalue weighted by Gasteiger charge is 2.28. The standard InChI is InChI=1S/C24H31ClN2O3/c1-4-6-15-26-24(29)22(5-2)27(17-19-7-11-20(25)12-8-19)23(28)16-18-9-13-21(30-3)14-10-18/h7-14,22H,4-6,15-17H2,1-3H3,(H,26,29)/t22-/m1/s1. The number of hydrogen-bond acceptors (Lipinski definition) is 3. The third-order valence-electron chi connectivity index (χ3n) is 5.00. The van der Waals surface area contributed by atoms with E-state index in [-0.39, 0.29) is 18.2 Å². The monoisotopic (exact) mass is 430 g/mol. The van der Waals surface area contributed by atoms with Crippen LogP contribution in [0.3, 0.4) is 0 Å². The second kappa shape index (κ2) is 12.2. The highest BCUT2D eigenvalue weighted by atomic mass is 35.5. The van der Waals surface area contributed by atoms with Crippen molar-refractivity contribution >= 4 is 23.4 Å². The van der Waals surface area contributed by atoms with Crippen LogP contribution in [-0.2, 0) is 22.6 Å². The molecule has 162 valence electrons. The molecule has 0 aliphatic carbocycles. The maximum absolute atomic E-state index is 13.3. The van der Waals surface area contributed by atoms with Crippen molar-refractivity contribution in [3.8, 4) is 5.75 Å². The minimum Gasteiger partial charge on any atom is -0.497 e. The predicted octanol–water partition coefficient (Wildman–Crippen LogP) is 4.61. The van der Waals surface area contributed by atoms with Crippen LogP contribution in [0.2, 0.25) is 5.02 Å². The summed E-state index contributed by atoms with van der Waals surface area (Å²) in [6, 6.07) is 14.3. The molecule has 6 heteroatoms. The lowest BCUT2D eigenvalue weighted by Gasteiger charge is -2.31. The molecule has 0 radical (unpaired) electrons. The summed E-state index contributed by atoms with van der Waals surface area (Å²) in [7, 11) is 1.61. The molecule has 30 heavy (non-hydrogen) atoms. The van der Waals surface area contributed by atoms with Crippen molar-refractivity contribution < 1.29 is 14.3 Å². The van der Waals surface area contributed by atoms with Gasteiger partial charge in [0.1, 0.15) is 11.8 Å². The van der Waals surface area contributed by atoms with E-state index in [9.17, 15) is 9.59 Å². The molecule has 0 aromatic heterocycles. The summed E-state index contributed by atoms with van der Waals surface area (Å²) >= 11 is 6.00. The van der Waals surface area contributed by atoms with Crippen molar-refractivity contribution in [1.29, 1.82) is 0 Å². The summed E-state index contributed by atoms with van der Waals surface area (Å²) in [5.41, 5.74) is 1.81. The zero-order chi connectivity index (χ0) is 21.9. The highest BCUT2D eigenvalue weighted by molar-refractivity contribution is 6.30. The zero-order valence-electron chi connectivity index (χ0n) is 18.0. The Labute approximate surface area is 184 Å². The van der Waals surface area contributed by atoms with Crippen LogP contribution in [-0.4, -0.2) is 36.4 Å². The quantitative estimate of drug-likeness (QED) is 0.529. The first-order valence-electron chi connectivity index (χ1n) is 10.4. The average molecular weight is 431 g/mol. The van der Waals surface area contributed by atoms with E-state index in [1.807, 2.05) is 43.3 Å². The van der Waals surface area contributed by atoms with E-state index in [1.54, 1.807) is 24.1 Å². The van der Waals surface area contributed by atoms with Crippen molar-refractivity contribution in [2.45, 2.75) is 52.1 Å². The molecule has 0 spiro atoms. The molecule has 0 saturated carbocycles. The minimum atomic E-state index is -0.525. The second-order valence-electron chi connectivity index (χ2n) is 7.24. The normalized spacial score (nSPS) is 11.6. The van der Waals surface area contributed by atoms with E-state index in [0.29, 0.717) is 24.5 Å². The Hall–Kier alpha value is -2.53. The number of benzene rings is 2. The van der Waals surface area contributed by atoms with Crippen LogP contribution in [0.5, 0.6) is 5.75 Å². The summed E-state index contributed by atoms with van der Waals surface area (Å²) < 4.78 is 5.19. The fourth-order valence-electron chi connectivity index (χ4n) is 3.23. The third-order valence-corrected chi connectivity index (χ3v) is 5.25. The molecular formula is C24H31ClN2O3. The third kappa shape index (κ3) is 7.06. The number of methoxy groups -OCH3 is 1.